The zero-order chi connectivity index (χ0) is 20.8. The van der Waals surface area contributed by atoms with Crippen LogP contribution in [0.4, 0.5) is 0 Å². The summed E-state index contributed by atoms with van der Waals surface area (Å²) in [6, 6.07) is 15.7. The first kappa shape index (κ1) is 20.5. The van der Waals surface area contributed by atoms with Gasteiger partial charge in [0, 0.05) is 37.4 Å². The van der Waals surface area contributed by atoms with Crippen LogP contribution < -0.4 is 5.32 Å². The minimum Gasteiger partial charge on any atom is -0.350 e. The highest BCUT2D eigenvalue weighted by Gasteiger charge is 2.32. The molecule has 2 aromatic rings. The lowest BCUT2D eigenvalue weighted by Gasteiger charge is -2.42. The Morgan fingerprint density at radius 3 is 2.47 bits per heavy atom. The SMILES string of the molecule is O=C(NCc1ccccn1)[C@@H]1CCCN(C2CCN(C(=O)c3ccccc3)CC2)C1. The Hall–Kier alpha value is -2.73. The van der Waals surface area contributed by atoms with Crippen molar-refractivity contribution in [3.63, 3.8) is 0 Å². The summed E-state index contributed by atoms with van der Waals surface area (Å²) in [5.74, 6) is 0.285. The van der Waals surface area contributed by atoms with Crippen molar-refractivity contribution in [2.75, 3.05) is 26.2 Å². The quantitative estimate of drug-likeness (QED) is 0.829. The number of aromatic nitrogens is 1. The molecule has 0 bridgehead atoms. The largest absolute Gasteiger partial charge is 0.350 e. The van der Waals surface area contributed by atoms with E-state index in [0.29, 0.717) is 12.6 Å². The molecule has 0 saturated carbocycles. The highest BCUT2D eigenvalue weighted by molar-refractivity contribution is 5.94. The van der Waals surface area contributed by atoms with Crippen LogP contribution in [0.5, 0.6) is 0 Å². The molecule has 6 heteroatoms. The normalized spacial score (nSPS) is 20.7. The van der Waals surface area contributed by atoms with Crippen molar-refractivity contribution in [1.82, 2.24) is 20.1 Å². The highest BCUT2D eigenvalue weighted by atomic mass is 16.2. The Labute approximate surface area is 178 Å². The van der Waals surface area contributed by atoms with Gasteiger partial charge in [0.25, 0.3) is 5.91 Å². The summed E-state index contributed by atoms with van der Waals surface area (Å²) in [6.07, 6.45) is 5.68. The number of hydrogen-bond donors (Lipinski definition) is 1. The fraction of sp³-hybridized carbons (Fsp3) is 0.458. The number of pyridine rings is 1. The van der Waals surface area contributed by atoms with E-state index in [1.807, 2.05) is 53.4 Å². The molecule has 0 radical (unpaired) electrons. The molecular weight excluding hydrogens is 376 g/mol. The van der Waals surface area contributed by atoms with Gasteiger partial charge in [-0.1, -0.05) is 24.3 Å². The molecule has 2 aliphatic heterocycles. The number of nitrogens with one attached hydrogen (secondary N) is 1. The Bertz CT molecular complexity index is 835. The maximum atomic E-state index is 12.7. The van der Waals surface area contributed by atoms with Gasteiger partial charge in [0.05, 0.1) is 18.2 Å². The van der Waals surface area contributed by atoms with Crippen LogP contribution in [0.25, 0.3) is 0 Å². The summed E-state index contributed by atoms with van der Waals surface area (Å²) in [5, 5.41) is 3.05. The van der Waals surface area contributed by atoms with Gasteiger partial charge in [0.15, 0.2) is 0 Å². The molecule has 1 aromatic heterocycles. The van der Waals surface area contributed by atoms with Crippen molar-refractivity contribution >= 4 is 11.8 Å². The molecule has 2 fully saturated rings. The Kier molecular flexibility index (Phi) is 6.74. The summed E-state index contributed by atoms with van der Waals surface area (Å²) in [6.45, 7) is 3.90. The zero-order valence-electron chi connectivity index (χ0n) is 17.4. The Morgan fingerprint density at radius 1 is 0.967 bits per heavy atom. The van der Waals surface area contributed by atoms with Crippen molar-refractivity contribution < 1.29 is 9.59 Å². The van der Waals surface area contributed by atoms with Crippen LogP contribution in [0.1, 0.15) is 41.7 Å². The lowest BCUT2D eigenvalue weighted by atomic mass is 9.93. The lowest BCUT2D eigenvalue weighted by molar-refractivity contribution is -0.127. The summed E-state index contributed by atoms with van der Waals surface area (Å²) in [4.78, 5) is 34.1. The molecule has 0 aliphatic carbocycles. The first-order valence-electron chi connectivity index (χ1n) is 11.0. The summed E-state index contributed by atoms with van der Waals surface area (Å²) in [7, 11) is 0. The Balaban J connectivity index is 1.26. The fourth-order valence-corrected chi connectivity index (χ4v) is 4.57. The number of carbonyl (C=O) groups excluding carboxylic acids is 2. The molecule has 2 saturated heterocycles. The van der Waals surface area contributed by atoms with E-state index in [4.69, 9.17) is 0 Å². The number of carbonyl (C=O) groups is 2. The summed E-state index contributed by atoms with van der Waals surface area (Å²) >= 11 is 0. The minimum atomic E-state index is 0.0337. The second-order valence-corrected chi connectivity index (χ2v) is 8.26. The topological polar surface area (TPSA) is 65.5 Å². The average Bonchev–Trinajstić information content (AvgIpc) is 2.83. The van der Waals surface area contributed by atoms with Crippen LogP contribution >= 0.6 is 0 Å². The van der Waals surface area contributed by atoms with Crippen LogP contribution in [0, 0.1) is 5.92 Å². The van der Waals surface area contributed by atoms with E-state index in [0.717, 1.165) is 63.1 Å². The van der Waals surface area contributed by atoms with Gasteiger partial charge < -0.3 is 10.2 Å². The van der Waals surface area contributed by atoms with Crippen molar-refractivity contribution in [1.29, 1.82) is 0 Å². The van der Waals surface area contributed by atoms with Crippen LogP contribution in [0.3, 0.4) is 0 Å². The van der Waals surface area contributed by atoms with Crippen LogP contribution in [-0.4, -0.2) is 58.8 Å². The molecule has 0 spiro atoms. The van der Waals surface area contributed by atoms with E-state index < -0.39 is 0 Å². The minimum absolute atomic E-state index is 0.0337. The maximum Gasteiger partial charge on any atom is 0.253 e. The number of rotatable bonds is 5. The van der Waals surface area contributed by atoms with E-state index in [9.17, 15) is 9.59 Å². The first-order chi connectivity index (χ1) is 14.7. The predicted molar refractivity (Wildman–Crippen MR) is 116 cm³/mol. The van der Waals surface area contributed by atoms with E-state index in [-0.39, 0.29) is 17.7 Å². The van der Waals surface area contributed by atoms with E-state index >= 15 is 0 Å². The number of likely N-dealkylation sites (tertiary alicyclic amines) is 2. The van der Waals surface area contributed by atoms with Gasteiger partial charge in [-0.2, -0.15) is 0 Å². The summed E-state index contributed by atoms with van der Waals surface area (Å²) < 4.78 is 0. The smallest absolute Gasteiger partial charge is 0.253 e. The number of piperidine rings is 2. The average molecular weight is 407 g/mol. The molecule has 1 atom stereocenters. The molecule has 158 valence electrons. The molecule has 30 heavy (non-hydrogen) atoms. The van der Waals surface area contributed by atoms with Crippen molar-refractivity contribution in [3.8, 4) is 0 Å². The van der Waals surface area contributed by atoms with E-state index in [1.54, 1.807) is 6.20 Å². The summed E-state index contributed by atoms with van der Waals surface area (Å²) in [5.41, 5.74) is 1.65. The van der Waals surface area contributed by atoms with E-state index in [1.165, 1.54) is 0 Å². The van der Waals surface area contributed by atoms with Gasteiger partial charge >= 0.3 is 0 Å². The molecule has 6 nitrogen and oxygen atoms in total. The van der Waals surface area contributed by atoms with Crippen LogP contribution in [-0.2, 0) is 11.3 Å². The predicted octanol–water partition coefficient (Wildman–Crippen LogP) is 2.71. The van der Waals surface area contributed by atoms with E-state index in [2.05, 4.69) is 15.2 Å². The molecule has 4 rings (SSSR count). The number of amides is 2. The second-order valence-electron chi connectivity index (χ2n) is 8.26. The first-order valence-corrected chi connectivity index (χ1v) is 11.0. The van der Waals surface area contributed by atoms with Crippen molar-refractivity contribution in [2.45, 2.75) is 38.3 Å². The molecule has 2 amide bonds. The fourth-order valence-electron chi connectivity index (χ4n) is 4.57. The highest BCUT2D eigenvalue weighted by Crippen LogP contribution is 2.25. The molecular formula is C24H30N4O2. The van der Waals surface area contributed by atoms with Gasteiger partial charge in [-0.3, -0.25) is 19.5 Å². The maximum absolute atomic E-state index is 12.7. The van der Waals surface area contributed by atoms with Crippen LogP contribution in [0.15, 0.2) is 54.7 Å². The van der Waals surface area contributed by atoms with Crippen molar-refractivity contribution in [3.05, 3.63) is 66.0 Å². The third-order valence-electron chi connectivity index (χ3n) is 6.28. The standard InChI is InChI=1S/C24H30N4O2/c29-23(26-17-21-10-4-5-13-25-21)20-9-6-14-28(18-20)22-11-15-27(16-12-22)24(30)19-7-2-1-3-8-19/h1-5,7-8,10,13,20,22H,6,9,11-12,14-18H2,(H,26,29)/t20-/m1/s1. The molecule has 2 aliphatic rings. The monoisotopic (exact) mass is 406 g/mol. The zero-order valence-corrected chi connectivity index (χ0v) is 17.4. The van der Waals surface area contributed by atoms with Gasteiger partial charge in [-0.15, -0.1) is 0 Å². The van der Waals surface area contributed by atoms with Gasteiger partial charge in [-0.05, 0) is 56.5 Å². The number of nitrogens with zero attached hydrogens (tertiary/aromatic N) is 3. The number of benzene rings is 1. The van der Waals surface area contributed by atoms with Gasteiger partial charge in [0.2, 0.25) is 5.91 Å². The van der Waals surface area contributed by atoms with Gasteiger partial charge in [0.1, 0.15) is 0 Å². The van der Waals surface area contributed by atoms with Crippen LogP contribution in [0.2, 0.25) is 0 Å². The van der Waals surface area contributed by atoms with Crippen molar-refractivity contribution in [2.24, 2.45) is 5.92 Å². The molecule has 0 unspecified atom stereocenters. The van der Waals surface area contributed by atoms with Gasteiger partial charge in [-0.25, -0.2) is 0 Å². The molecule has 1 N–H and O–H groups in total. The third kappa shape index (κ3) is 5.05. The molecule has 1 aromatic carbocycles. The lowest BCUT2D eigenvalue weighted by Crippen LogP contribution is -2.51. The third-order valence-corrected chi connectivity index (χ3v) is 6.28. The molecule has 3 heterocycles. The Morgan fingerprint density at radius 2 is 1.73 bits per heavy atom. The number of hydrogen-bond acceptors (Lipinski definition) is 4. The second kappa shape index (κ2) is 9.85.